The molecule has 0 unspecified atom stereocenters. The van der Waals surface area contributed by atoms with Crippen molar-refractivity contribution in [2.24, 2.45) is 0 Å². The molecule has 6 nitrogen and oxygen atoms in total. The van der Waals surface area contributed by atoms with Gasteiger partial charge in [0.25, 0.3) is 0 Å². The largest absolute Gasteiger partial charge is 0.495 e. The number of aromatic nitrogens is 3. The maximum Gasteiger partial charge on any atom is 0.142 e. The molecule has 4 aromatic rings. The lowest BCUT2D eigenvalue weighted by atomic mass is 10.1. The summed E-state index contributed by atoms with van der Waals surface area (Å²) >= 11 is 0. The fraction of sp³-hybridized carbons (Fsp3) is 0.100. The number of aryl methyl sites for hydroxylation is 1. The van der Waals surface area contributed by atoms with Crippen LogP contribution in [0.2, 0.25) is 0 Å². The molecule has 2 aromatic carbocycles. The summed E-state index contributed by atoms with van der Waals surface area (Å²) in [5.41, 5.74) is 5.41. The highest BCUT2D eigenvalue weighted by Gasteiger charge is 2.12. The normalized spacial score (nSPS) is 10.8. The maximum absolute atomic E-state index is 5.49. The van der Waals surface area contributed by atoms with Crippen molar-refractivity contribution in [3.05, 3.63) is 61.3 Å². The molecule has 0 bridgehead atoms. The molecule has 2 aromatic heterocycles. The molecule has 2 N–H and O–H groups in total. The Balaban J connectivity index is 1.91. The van der Waals surface area contributed by atoms with E-state index in [0.29, 0.717) is 11.5 Å². The lowest BCUT2D eigenvalue weighted by molar-refractivity contribution is 0.415. The van der Waals surface area contributed by atoms with Crippen LogP contribution in [0.25, 0.3) is 21.9 Å². The summed E-state index contributed by atoms with van der Waals surface area (Å²) in [7, 11) is 1.64. The molecule has 0 aliphatic heterocycles. The first kappa shape index (κ1) is 16.0. The number of imidazole rings is 1. The van der Waals surface area contributed by atoms with Gasteiger partial charge in [0.15, 0.2) is 0 Å². The SMILES string of the molecule is C=COc1ccc(OC)c(Nc2cc(C)[nH]c3ccc4ncnc4c23)c1. The average molecular weight is 346 g/mol. The Morgan fingerprint density at radius 3 is 2.81 bits per heavy atom. The van der Waals surface area contributed by atoms with Crippen LogP contribution in [0.3, 0.4) is 0 Å². The van der Waals surface area contributed by atoms with Crippen LogP contribution in [0.1, 0.15) is 5.69 Å². The Hall–Kier alpha value is -3.54. The Morgan fingerprint density at radius 2 is 2.00 bits per heavy atom. The van der Waals surface area contributed by atoms with E-state index < -0.39 is 0 Å². The van der Waals surface area contributed by atoms with Crippen molar-refractivity contribution in [3.63, 3.8) is 0 Å². The lowest BCUT2D eigenvalue weighted by Crippen LogP contribution is -1.98. The van der Waals surface area contributed by atoms with Crippen LogP contribution >= 0.6 is 0 Å². The highest BCUT2D eigenvalue weighted by atomic mass is 16.5. The van der Waals surface area contributed by atoms with E-state index in [4.69, 9.17) is 9.47 Å². The second kappa shape index (κ2) is 6.40. The van der Waals surface area contributed by atoms with E-state index in [2.05, 4.69) is 26.8 Å². The van der Waals surface area contributed by atoms with Crippen LogP contribution < -0.4 is 14.8 Å². The zero-order valence-corrected chi connectivity index (χ0v) is 14.5. The molecule has 4 rings (SSSR count). The number of H-pyrrole nitrogens is 1. The number of anilines is 2. The number of hydrogen-bond donors (Lipinski definition) is 2. The van der Waals surface area contributed by atoms with Crippen molar-refractivity contribution in [2.45, 2.75) is 6.92 Å². The first-order valence-electron chi connectivity index (χ1n) is 8.15. The van der Waals surface area contributed by atoms with Gasteiger partial charge in [-0.25, -0.2) is 9.97 Å². The molecule has 26 heavy (non-hydrogen) atoms. The quantitative estimate of drug-likeness (QED) is 0.513. The van der Waals surface area contributed by atoms with E-state index in [1.807, 2.05) is 43.3 Å². The molecular weight excluding hydrogens is 328 g/mol. The van der Waals surface area contributed by atoms with Gasteiger partial charge in [0.1, 0.15) is 23.3 Å². The van der Waals surface area contributed by atoms with Crippen molar-refractivity contribution >= 4 is 33.3 Å². The highest BCUT2D eigenvalue weighted by Crippen LogP contribution is 2.36. The molecular formula is C20H18N4O2. The summed E-state index contributed by atoms with van der Waals surface area (Å²) in [6.07, 6.45) is 2.97. The van der Waals surface area contributed by atoms with Crippen molar-refractivity contribution in [1.29, 1.82) is 0 Å². The Morgan fingerprint density at radius 1 is 1.12 bits per heavy atom. The van der Waals surface area contributed by atoms with Gasteiger partial charge in [-0.2, -0.15) is 0 Å². The van der Waals surface area contributed by atoms with Crippen molar-refractivity contribution < 1.29 is 9.47 Å². The summed E-state index contributed by atoms with van der Waals surface area (Å²) in [6, 6.07) is 11.6. The molecule has 0 radical (unpaired) electrons. The monoisotopic (exact) mass is 346 g/mol. The van der Waals surface area contributed by atoms with E-state index in [9.17, 15) is 0 Å². The number of nitrogens with one attached hydrogen (secondary N) is 2. The van der Waals surface area contributed by atoms with Crippen LogP contribution in [0.5, 0.6) is 11.5 Å². The zero-order chi connectivity index (χ0) is 18.1. The van der Waals surface area contributed by atoms with Gasteiger partial charge in [0.2, 0.25) is 0 Å². The fourth-order valence-corrected chi connectivity index (χ4v) is 3.08. The number of pyridine rings is 1. The third-order valence-electron chi connectivity index (χ3n) is 4.16. The van der Waals surface area contributed by atoms with Gasteiger partial charge in [-0.05, 0) is 37.3 Å². The minimum atomic E-state index is 0.671. The van der Waals surface area contributed by atoms with Crippen molar-refractivity contribution in [2.75, 3.05) is 12.4 Å². The van der Waals surface area contributed by atoms with E-state index in [1.54, 1.807) is 13.4 Å². The van der Waals surface area contributed by atoms with Crippen molar-refractivity contribution in [1.82, 2.24) is 15.0 Å². The molecule has 6 heteroatoms. The van der Waals surface area contributed by atoms with Gasteiger partial charge < -0.3 is 19.8 Å². The predicted molar refractivity (Wildman–Crippen MR) is 103 cm³/mol. The number of rotatable bonds is 5. The standard InChI is InChI=1S/C20H18N4O2/c1-4-26-13-5-8-18(25-3)16(10-13)24-17-9-12(2)23-14-6-7-15-20(19(14)17)22-11-21-15/h4-11,23-24H,1H2,2-3H3. The second-order valence-electron chi connectivity index (χ2n) is 5.87. The first-order chi connectivity index (χ1) is 12.7. The summed E-state index contributed by atoms with van der Waals surface area (Å²) in [5.74, 6) is 1.38. The highest BCUT2D eigenvalue weighted by molar-refractivity contribution is 6.10. The Labute approximate surface area is 150 Å². The lowest BCUT2D eigenvalue weighted by Gasteiger charge is -2.15. The molecule has 0 fully saturated rings. The van der Waals surface area contributed by atoms with Gasteiger partial charge in [0, 0.05) is 22.7 Å². The summed E-state index contributed by atoms with van der Waals surface area (Å²) in [6.45, 7) is 5.61. The third-order valence-corrected chi connectivity index (χ3v) is 4.16. The fourth-order valence-electron chi connectivity index (χ4n) is 3.08. The van der Waals surface area contributed by atoms with Crippen LogP contribution in [-0.4, -0.2) is 22.1 Å². The van der Waals surface area contributed by atoms with Crippen LogP contribution in [0.4, 0.5) is 11.4 Å². The van der Waals surface area contributed by atoms with E-state index in [1.165, 1.54) is 6.26 Å². The van der Waals surface area contributed by atoms with Crippen LogP contribution in [0, 0.1) is 6.92 Å². The predicted octanol–water partition coefficient (Wildman–Crippen LogP) is 4.69. The number of aromatic amines is 1. The van der Waals surface area contributed by atoms with E-state index in [-0.39, 0.29) is 0 Å². The first-order valence-corrected chi connectivity index (χ1v) is 8.15. The van der Waals surface area contributed by atoms with E-state index >= 15 is 0 Å². The van der Waals surface area contributed by atoms with Gasteiger partial charge >= 0.3 is 0 Å². The molecule has 0 saturated heterocycles. The van der Waals surface area contributed by atoms with Gasteiger partial charge in [-0.1, -0.05) is 6.58 Å². The van der Waals surface area contributed by atoms with Crippen LogP contribution in [0.15, 0.2) is 55.6 Å². The summed E-state index contributed by atoms with van der Waals surface area (Å²) < 4.78 is 10.9. The van der Waals surface area contributed by atoms with Gasteiger partial charge in [0.05, 0.1) is 30.3 Å². The zero-order valence-electron chi connectivity index (χ0n) is 14.5. The van der Waals surface area contributed by atoms with Crippen LogP contribution in [-0.2, 0) is 0 Å². The molecule has 0 atom stereocenters. The minimum Gasteiger partial charge on any atom is -0.495 e. The Bertz CT molecular complexity index is 1120. The molecule has 2 heterocycles. The summed E-state index contributed by atoms with van der Waals surface area (Å²) in [4.78, 5) is 12.1. The minimum absolute atomic E-state index is 0.671. The van der Waals surface area contributed by atoms with E-state index in [0.717, 1.165) is 39.0 Å². The maximum atomic E-state index is 5.49. The molecule has 0 aliphatic carbocycles. The number of fused-ring (bicyclic) bond motifs is 3. The van der Waals surface area contributed by atoms with Gasteiger partial charge in [-0.15, -0.1) is 0 Å². The number of ether oxygens (including phenoxy) is 2. The molecule has 0 saturated carbocycles. The van der Waals surface area contributed by atoms with Gasteiger partial charge in [-0.3, -0.25) is 0 Å². The van der Waals surface area contributed by atoms with Crippen molar-refractivity contribution in [3.8, 4) is 11.5 Å². The molecule has 130 valence electrons. The molecule has 0 aliphatic rings. The topological polar surface area (TPSA) is 72.1 Å². The summed E-state index contributed by atoms with van der Waals surface area (Å²) in [5, 5.41) is 4.44. The number of benzene rings is 2. The number of hydrogen-bond acceptors (Lipinski definition) is 5. The number of methoxy groups -OCH3 is 1. The number of nitrogens with zero attached hydrogens (tertiary/aromatic N) is 2. The Kier molecular flexibility index (Phi) is 3.93. The smallest absolute Gasteiger partial charge is 0.142 e. The molecule has 0 amide bonds. The third kappa shape index (κ3) is 2.71. The average Bonchev–Trinajstić information content (AvgIpc) is 3.10. The molecule has 0 spiro atoms. The second-order valence-corrected chi connectivity index (χ2v) is 5.87.